The van der Waals surface area contributed by atoms with Gasteiger partial charge >= 0.3 is 6.03 Å². The van der Waals surface area contributed by atoms with Gasteiger partial charge in [-0.05, 0) is 37.1 Å². The Labute approximate surface area is 130 Å². The number of amides is 2. The molecular weight excluding hydrogens is 280 g/mol. The number of urea groups is 1. The first-order valence-electron chi connectivity index (χ1n) is 7.31. The average molecular weight is 302 g/mol. The molecule has 0 aliphatic carbocycles. The number of benzene rings is 1. The number of nitrogens with zero attached hydrogens (tertiary/aromatic N) is 2. The first kappa shape index (κ1) is 16.0. The van der Waals surface area contributed by atoms with Gasteiger partial charge in [0.05, 0.1) is 18.7 Å². The highest BCUT2D eigenvalue weighted by Gasteiger charge is 2.23. The predicted molar refractivity (Wildman–Crippen MR) is 85.7 cm³/mol. The quantitative estimate of drug-likeness (QED) is 0.765. The van der Waals surface area contributed by atoms with Crippen LogP contribution in [-0.2, 0) is 6.54 Å². The lowest BCUT2D eigenvalue weighted by Crippen LogP contribution is -2.50. The minimum atomic E-state index is -0.607. The number of anilines is 1. The number of carbonyl (C=O) groups excluding carboxylic acids is 1. The second-order valence-corrected chi connectivity index (χ2v) is 5.55. The van der Waals surface area contributed by atoms with E-state index >= 15 is 0 Å². The Morgan fingerprint density at radius 1 is 1.36 bits per heavy atom. The molecule has 118 valence electrons. The summed E-state index contributed by atoms with van der Waals surface area (Å²) in [6.45, 7) is 4.32. The molecule has 0 aliphatic rings. The standard InChI is InChI=1S/C16H22N4O2/c1-3-16(2,12-21)19-15(22)18-14-7-5-13(6-8-14)11-20-10-4-9-17-20/h4-10,21H,3,11-12H2,1-2H3,(H2,18,19,22). The molecule has 22 heavy (non-hydrogen) atoms. The van der Waals surface area contributed by atoms with Gasteiger partial charge in [-0.15, -0.1) is 0 Å². The van der Waals surface area contributed by atoms with Crippen molar-refractivity contribution < 1.29 is 9.90 Å². The maximum Gasteiger partial charge on any atom is 0.319 e. The molecule has 1 heterocycles. The number of carbonyl (C=O) groups is 1. The minimum Gasteiger partial charge on any atom is -0.394 e. The van der Waals surface area contributed by atoms with Crippen molar-refractivity contribution in [3.63, 3.8) is 0 Å². The van der Waals surface area contributed by atoms with Crippen LogP contribution in [0.3, 0.4) is 0 Å². The molecule has 0 radical (unpaired) electrons. The maximum absolute atomic E-state index is 11.9. The first-order valence-corrected chi connectivity index (χ1v) is 7.31. The van der Waals surface area contributed by atoms with Crippen molar-refractivity contribution in [2.75, 3.05) is 11.9 Å². The van der Waals surface area contributed by atoms with Crippen LogP contribution in [0.25, 0.3) is 0 Å². The summed E-state index contributed by atoms with van der Waals surface area (Å²) < 4.78 is 1.84. The number of aromatic nitrogens is 2. The van der Waals surface area contributed by atoms with Gasteiger partial charge in [-0.3, -0.25) is 4.68 Å². The van der Waals surface area contributed by atoms with E-state index in [9.17, 15) is 9.90 Å². The van der Waals surface area contributed by atoms with Crippen LogP contribution in [0.2, 0.25) is 0 Å². The van der Waals surface area contributed by atoms with Gasteiger partial charge in [0.1, 0.15) is 0 Å². The molecule has 3 N–H and O–H groups in total. The average Bonchev–Trinajstić information content (AvgIpc) is 3.02. The van der Waals surface area contributed by atoms with Gasteiger partial charge in [0, 0.05) is 18.1 Å². The summed E-state index contributed by atoms with van der Waals surface area (Å²) in [5, 5.41) is 19.0. The van der Waals surface area contributed by atoms with Gasteiger partial charge in [-0.1, -0.05) is 19.1 Å². The largest absolute Gasteiger partial charge is 0.394 e. The van der Waals surface area contributed by atoms with Gasteiger partial charge in [-0.2, -0.15) is 5.10 Å². The molecule has 1 unspecified atom stereocenters. The first-order chi connectivity index (χ1) is 10.5. The summed E-state index contributed by atoms with van der Waals surface area (Å²) in [6, 6.07) is 9.15. The molecule has 2 aromatic rings. The van der Waals surface area contributed by atoms with Crippen molar-refractivity contribution in [2.45, 2.75) is 32.4 Å². The highest BCUT2D eigenvalue weighted by molar-refractivity contribution is 5.89. The predicted octanol–water partition coefficient (Wildman–Crippen LogP) is 2.21. The van der Waals surface area contributed by atoms with Crippen molar-refractivity contribution in [3.05, 3.63) is 48.3 Å². The summed E-state index contributed by atoms with van der Waals surface area (Å²) in [5.74, 6) is 0. The summed E-state index contributed by atoms with van der Waals surface area (Å²) in [4.78, 5) is 11.9. The highest BCUT2D eigenvalue weighted by atomic mass is 16.3. The SMILES string of the molecule is CCC(C)(CO)NC(=O)Nc1ccc(Cn2cccn2)cc1. The van der Waals surface area contributed by atoms with Gasteiger partial charge in [0.15, 0.2) is 0 Å². The molecular formula is C16H22N4O2. The van der Waals surface area contributed by atoms with E-state index in [0.29, 0.717) is 18.7 Å². The second kappa shape index (κ2) is 7.09. The van der Waals surface area contributed by atoms with Crippen LogP contribution in [0, 0.1) is 0 Å². The third kappa shape index (κ3) is 4.33. The molecule has 0 aliphatic heterocycles. The van der Waals surface area contributed by atoms with Crippen molar-refractivity contribution in [2.24, 2.45) is 0 Å². The number of nitrogens with one attached hydrogen (secondary N) is 2. The third-order valence-electron chi connectivity index (χ3n) is 3.66. The van der Waals surface area contributed by atoms with Crippen molar-refractivity contribution in [3.8, 4) is 0 Å². The lowest BCUT2D eigenvalue weighted by Gasteiger charge is -2.27. The van der Waals surface area contributed by atoms with Crippen molar-refractivity contribution >= 4 is 11.7 Å². The van der Waals surface area contributed by atoms with Crippen LogP contribution in [0.1, 0.15) is 25.8 Å². The van der Waals surface area contributed by atoms with E-state index < -0.39 is 5.54 Å². The van der Waals surface area contributed by atoms with Crippen LogP contribution in [0.5, 0.6) is 0 Å². The molecule has 6 heteroatoms. The maximum atomic E-state index is 11.9. The molecule has 1 aromatic carbocycles. The molecule has 6 nitrogen and oxygen atoms in total. The summed E-state index contributed by atoms with van der Waals surface area (Å²) in [7, 11) is 0. The third-order valence-corrected chi connectivity index (χ3v) is 3.66. The summed E-state index contributed by atoms with van der Waals surface area (Å²) in [6.07, 6.45) is 4.30. The lowest BCUT2D eigenvalue weighted by atomic mass is 10.0. The van der Waals surface area contributed by atoms with E-state index in [-0.39, 0.29) is 12.6 Å². The van der Waals surface area contributed by atoms with Crippen LogP contribution in [-0.4, -0.2) is 33.1 Å². The fraction of sp³-hybridized carbons (Fsp3) is 0.375. The normalized spacial score (nSPS) is 13.4. The van der Waals surface area contributed by atoms with E-state index in [2.05, 4.69) is 15.7 Å². The number of rotatable bonds is 6. The van der Waals surface area contributed by atoms with E-state index in [0.717, 1.165) is 5.56 Å². The second-order valence-electron chi connectivity index (χ2n) is 5.55. The van der Waals surface area contributed by atoms with E-state index in [4.69, 9.17) is 0 Å². The van der Waals surface area contributed by atoms with E-state index in [1.54, 1.807) is 13.1 Å². The molecule has 0 bridgehead atoms. The number of aliphatic hydroxyl groups is 1. The molecule has 0 saturated heterocycles. The van der Waals surface area contributed by atoms with Crippen molar-refractivity contribution in [1.82, 2.24) is 15.1 Å². The Kier molecular flexibility index (Phi) is 5.16. The smallest absolute Gasteiger partial charge is 0.319 e. The minimum absolute atomic E-state index is 0.0975. The van der Waals surface area contributed by atoms with Gasteiger partial charge < -0.3 is 15.7 Å². The highest BCUT2D eigenvalue weighted by Crippen LogP contribution is 2.12. The van der Waals surface area contributed by atoms with Crippen LogP contribution < -0.4 is 10.6 Å². The van der Waals surface area contributed by atoms with Crippen molar-refractivity contribution in [1.29, 1.82) is 0 Å². The fourth-order valence-electron chi connectivity index (χ4n) is 1.95. The monoisotopic (exact) mass is 302 g/mol. The topological polar surface area (TPSA) is 79.2 Å². The van der Waals surface area contributed by atoms with E-state index in [1.165, 1.54) is 0 Å². The number of hydrogen-bond donors (Lipinski definition) is 3. The van der Waals surface area contributed by atoms with Gasteiger partial charge in [0.25, 0.3) is 0 Å². The summed E-state index contributed by atoms with van der Waals surface area (Å²) in [5.41, 5.74) is 1.20. The molecule has 2 rings (SSSR count). The Hall–Kier alpha value is -2.34. The van der Waals surface area contributed by atoms with Gasteiger partial charge in [0.2, 0.25) is 0 Å². The molecule has 2 amide bonds. The molecule has 0 saturated carbocycles. The zero-order valence-corrected chi connectivity index (χ0v) is 12.9. The van der Waals surface area contributed by atoms with Gasteiger partial charge in [-0.25, -0.2) is 4.79 Å². The molecule has 0 spiro atoms. The van der Waals surface area contributed by atoms with E-state index in [1.807, 2.05) is 48.1 Å². The Morgan fingerprint density at radius 2 is 2.09 bits per heavy atom. The van der Waals surface area contributed by atoms with Crippen LogP contribution in [0.15, 0.2) is 42.7 Å². The lowest BCUT2D eigenvalue weighted by molar-refractivity contribution is 0.172. The van der Waals surface area contributed by atoms with Crippen LogP contribution in [0.4, 0.5) is 10.5 Å². The zero-order valence-electron chi connectivity index (χ0n) is 12.9. The molecule has 1 aromatic heterocycles. The molecule has 0 fully saturated rings. The number of hydrogen-bond acceptors (Lipinski definition) is 3. The molecule has 1 atom stereocenters. The van der Waals surface area contributed by atoms with Crippen LogP contribution >= 0.6 is 0 Å². The Morgan fingerprint density at radius 3 is 2.64 bits per heavy atom. The number of aliphatic hydroxyl groups excluding tert-OH is 1. The fourth-order valence-corrected chi connectivity index (χ4v) is 1.95. The Balaban J connectivity index is 1.92. The Bertz CT molecular complexity index is 589. The zero-order chi connectivity index (χ0) is 16.0. The summed E-state index contributed by atoms with van der Waals surface area (Å²) >= 11 is 0.